The molecular weight excluding hydrogens is 725 g/mol. The molecule has 0 nitrogen and oxygen atoms in total. The van der Waals surface area contributed by atoms with Crippen LogP contribution in [0.25, 0.3) is 21.5 Å². The monoisotopic (exact) mass is 766 g/mol. The molecular formula is C41H44Cl4Zr. The summed E-state index contributed by atoms with van der Waals surface area (Å²) >= 11 is 13.8. The van der Waals surface area contributed by atoms with Crippen LogP contribution in [0, 0.1) is 6.08 Å². The van der Waals surface area contributed by atoms with Gasteiger partial charge in [-0.05, 0) is 10.8 Å². The van der Waals surface area contributed by atoms with Crippen LogP contribution in [0.4, 0.5) is 0 Å². The summed E-state index contributed by atoms with van der Waals surface area (Å²) in [6.45, 7) is 13.7. The van der Waals surface area contributed by atoms with Crippen molar-refractivity contribution in [3.05, 3.63) is 148 Å². The fourth-order valence-corrected chi connectivity index (χ4v) is 6.42. The zero-order valence-corrected chi connectivity index (χ0v) is 33.2. The maximum Gasteiger partial charge on any atom is -0.109 e. The molecule has 240 valence electrons. The first-order valence-corrected chi connectivity index (χ1v) is 17.2. The minimum absolute atomic E-state index is 0. The van der Waals surface area contributed by atoms with E-state index in [2.05, 4.69) is 108 Å². The maximum atomic E-state index is 6.17. The predicted octanol–water partition coefficient (Wildman–Crippen LogP) is 13.0. The van der Waals surface area contributed by atoms with E-state index in [1.165, 1.54) is 71.2 Å². The van der Waals surface area contributed by atoms with Crippen molar-refractivity contribution < 1.29 is 24.2 Å². The number of halogens is 4. The molecule has 0 unspecified atom stereocenters. The van der Waals surface area contributed by atoms with Gasteiger partial charge in [0.25, 0.3) is 0 Å². The molecule has 0 aliphatic heterocycles. The Balaban J connectivity index is 0.000000270. The number of benzene rings is 4. The average Bonchev–Trinajstić information content (AvgIpc) is 3.66. The zero-order chi connectivity index (χ0) is 31.9. The van der Waals surface area contributed by atoms with Crippen LogP contribution < -0.4 is 0 Å². The van der Waals surface area contributed by atoms with Gasteiger partial charge in [-0.25, -0.2) is 12.2 Å². The van der Waals surface area contributed by atoms with Crippen molar-refractivity contribution in [2.45, 2.75) is 71.6 Å². The summed E-state index contributed by atoms with van der Waals surface area (Å²) in [4.78, 5) is 0. The first-order chi connectivity index (χ1) is 20.8. The van der Waals surface area contributed by atoms with Gasteiger partial charge < -0.3 is 0 Å². The molecule has 0 N–H and O–H groups in total. The number of fused-ring (bicyclic) bond motifs is 3. The average molecular weight is 770 g/mol. The molecule has 0 heterocycles. The third-order valence-electron chi connectivity index (χ3n) is 7.75. The molecule has 0 spiro atoms. The second-order valence-corrected chi connectivity index (χ2v) is 15.9. The van der Waals surface area contributed by atoms with Gasteiger partial charge in [0.2, 0.25) is 0 Å². The van der Waals surface area contributed by atoms with Gasteiger partial charge in [0, 0.05) is 0 Å². The fourth-order valence-electron chi connectivity index (χ4n) is 5.08. The van der Waals surface area contributed by atoms with Crippen molar-refractivity contribution in [2.24, 2.45) is 0 Å². The normalized spacial score (nSPS) is 12.0. The Bertz CT molecular complexity index is 1670. The molecule has 5 heteroatoms. The van der Waals surface area contributed by atoms with Gasteiger partial charge in [0.05, 0.1) is 0 Å². The van der Waals surface area contributed by atoms with Gasteiger partial charge in [0.1, 0.15) is 0 Å². The SMILES string of the molecule is CC(C)(C)c1ccc2[cH-]c3ccc(C(C)(C)C)cc3c2c1.Cl.Cl.Clc1ccccc1C[C](=[Zr+2])Cc1ccccc1Cl.[C-]1=CC=CC1. The van der Waals surface area contributed by atoms with Gasteiger partial charge >= 0.3 is 133 Å². The van der Waals surface area contributed by atoms with Crippen molar-refractivity contribution in [3.8, 4) is 0 Å². The van der Waals surface area contributed by atoms with Gasteiger partial charge in [-0.1, -0.05) is 76.9 Å². The molecule has 0 aromatic heterocycles. The Morgan fingerprint density at radius 2 is 1.13 bits per heavy atom. The standard InChI is InChI=1S/C21H25.C15H12Cl2.C5H5.2ClH.Zr/c1-20(2,3)16-9-7-14-11-15-8-10-17(21(4,5)6)13-19(15)18(14)12-16;16-14-10-3-1-6-12(14)8-5-9-13-7-2-4-11-15(13)17;1-2-4-5-3-1;;;/h7-13H,1-6H3;1-4,6-7,10-11H,8-9H2;1-3H,4H2;2*1H;/q-1;;-1;;;+2. The molecule has 1 aliphatic carbocycles. The van der Waals surface area contributed by atoms with Crippen molar-refractivity contribution in [2.75, 3.05) is 0 Å². The molecule has 5 aromatic rings. The van der Waals surface area contributed by atoms with Crippen molar-refractivity contribution in [1.29, 1.82) is 0 Å². The van der Waals surface area contributed by atoms with Crippen LogP contribution in [-0.4, -0.2) is 3.21 Å². The van der Waals surface area contributed by atoms with Crippen LogP contribution in [0.15, 0.2) is 109 Å². The molecule has 0 atom stereocenters. The van der Waals surface area contributed by atoms with Crippen LogP contribution >= 0.6 is 48.0 Å². The van der Waals surface area contributed by atoms with E-state index < -0.39 is 0 Å². The van der Waals surface area contributed by atoms with E-state index in [0.29, 0.717) is 0 Å². The van der Waals surface area contributed by atoms with E-state index in [1.807, 2.05) is 48.6 Å². The van der Waals surface area contributed by atoms with E-state index in [4.69, 9.17) is 23.2 Å². The van der Waals surface area contributed by atoms with Crippen LogP contribution in [0.2, 0.25) is 10.0 Å². The second kappa shape index (κ2) is 18.1. The van der Waals surface area contributed by atoms with Crippen LogP contribution in [0.1, 0.15) is 70.2 Å². The number of rotatable bonds is 4. The van der Waals surface area contributed by atoms with Crippen molar-refractivity contribution in [1.82, 2.24) is 0 Å². The third kappa shape index (κ3) is 11.4. The molecule has 0 fully saturated rings. The summed E-state index contributed by atoms with van der Waals surface area (Å²) in [5.41, 5.74) is 5.59. The summed E-state index contributed by atoms with van der Waals surface area (Å²) in [5.74, 6) is 0. The minimum atomic E-state index is 0. The number of allylic oxidation sites excluding steroid dienone is 4. The van der Waals surface area contributed by atoms with Crippen LogP contribution in [-0.2, 0) is 47.9 Å². The minimum Gasteiger partial charge on any atom is -0.273 e. The molecule has 5 aromatic carbocycles. The van der Waals surface area contributed by atoms with E-state index in [9.17, 15) is 0 Å². The van der Waals surface area contributed by atoms with E-state index in [-0.39, 0.29) is 35.6 Å². The Hall–Kier alpha value is -1.86. The summed E-state index contributed by atoms with van der Waals surface area (Å²) in [7, 11) is 0. The van der Waals surface area contributed by atoms with Gasteiger partial charge in [-0.15, -0.1) is 71.0 Å². The van der Waals surface area contributed by atoms with E-state index in [1.54, 1.807) is 0 Å². The maximum absolute atomic E-state index is 6.17. The molecule has 6 rings (SSSR count). The number of hydrogen-bond donors (Lipinski definition) is 0. The van der Waals surface area contributed by atoms with E-state index >= 15 is 0 Å². The molecule has 0 amide bonds. The Labute approximate surface area is 313 Å². The molecule has 0 saturated carbocycles. The molecule has 0 bridgehead atoms. The zero-order valence-electron chi connectivity index (χ0n) is 27.6. The first-order valence-electron chi connectivity index (χ1n) is 15.2. The largest absolute Gasteiger partial charge is 0.273 e. The van der Waals surface area contributed by atoms with Crippen molar-refractivity contribution in [3.63, 3.8) is 0 Å². The summed E-state index contributed by atoms with van der Waals surface area (Å²) in [6.07, 6.45) is 11.9. The fraction of sp³-hybridized carbons (Fsp3) is 0.268. The van der Waals surface area contributed by atoms with Gasteiger partial charge in [-0.2, -0.15) is 6.08 Å². The van der Waals surface area contributed by atoms with Crippen LogP contribution in [0.5, 0.6) is 0 Å². The Kier molecular flexibility index (Phi) is 15.8. The quantitative estimate of drug-likeness (QED) is 0.160. The molecule has 1 aliphatic rings. The van der Waals surface area contributed by atoms with Crippen LogP contribution in [0.3, 0.4) is 0 Å². The van der Waals surface area contributed by atoms with Gasteiger partial charge in [0.15, 0.2) is 0 Å². The third-order valence-corrected chi connectivity index (χ3v) is 9.36. The first kappa shape index (κ1) is 40.3. The van der Waals surface area contributed by atoms with Gasteiger partial charge in [-0.3, -0.25) is 6.08 Å². The Morgan fingerprint density at radius 1 is 0.696 bits per heavy atom. The molecule has 0 saturated heterocycles. The van der Waals surface area contributed by atoms with E-state index in [0.717, 1.165) is 29.3 Å². The molecule has 46 heavy (non-hydrogen) atoms. The predicted molar refractivity (Wildman–Crippen MR) is 206 cm³/mol. The topological polar surface area (TPSA) is 0 Å². The Morgan fingerprint density at radius 3 is 1.46 bits per heavy atom. The van der Waals surface area contributed by atoms with Crippen molar-refractivity contribution >= 4 is 72.8 Å². The summed E-state index contributed by atoms with van der Waals surface area (Å²) < 4.78 is 1.45. The summed E-state index contributed by atoms with van der Waals surface area (Å²) in [5, 5.41) is 7.17. The smallest absolute Gasteiger partial charge is 0.109 e. The summed E-state index contributed by atoms with van der Waals surface area (Å²) in [6, 6.07) is 32.2. The second-order valence-electron chi connectivity index (χ2n) is 13.4. The number of hydrogen-bond acceptors (Lipinski definition) is 0. The molecule has 0 radical (unpaired) electrons.